The first kappa shape index (κ1) is 14.8. The van der Waals surface area contributed by atoms with Gasteiger partial charge < -0.3 is 4.55 Å². The van der Waals surface area contributed by atoms with E-state index in [-0.39, 0.29) is 0 Å². The van der Waals surface area contributed by atoms with Crippen molar-refractivity contribution in [2.24, 2.45) is 0 Å². The highest BCUT2D eigenvalue weighted by atomic mass is 32.3. The van der Waals surface area contributed by atoms with E-state index in [1.165, 1.54) is 17.0 Å². The van der Waals surface area contributed by atoms with Crippen molar-refractivity contribution in [1.29, 1.82) is 0 Å². The van der Waals surface area contributed by atoms with E-state index in [1.54, 1.807) is 0 Å². The molecule has 6 heteroatoms. The molecule has 5 nitrogen and oxygen atoms in total. The summed E-state index contributed by atoms with van der Waals surface area (Å²) in [5.41, 5.74) is 4.26. The molecule has 0 saturated carbocycles. The zero-order valence-corrected chi connectivity index (χ0v) is 11.7. The molecule has 0 aliphatic carbocycles. The summed E-state index contributed by atoms with van der Waals surface area (Å²) in [5.74, 6) is 0.589. The van der Waals surface area contributed by atoms with Crippen LogP contribution < -0.4 is 0 Å². The normalized spacial score (nSPS) is 18.2. The summed E-state index contributed by atoms with van der Waals surface area (Å²) in [6, 6.07) is 8.61. The smallest absolute Gasteiger partial charge is 0.217 e. The van der Waals surface area contributed by atoms with Crippen molar-refractivity contribution in [2.75, 3.05) is 14.2 Å². The van der Waals surface area contributed by atoms with Gasteiger partial charge >= 0.3 is 0 Å². The van der Waals surface area contributed by atoms with Crippen molar-refractivity contribution in [1.82, 2.24) is 0 Å². The summed E-state index contributed by atoms with van der Waals surface area (Å²) >= 11 is 0. The largest absolute Gasteiger partial charge is 0.726 e. The summed E-state index contributed by atoms with van der Waals surface area (Å²) in [7, 11) is -1.47. The maximum atomic E-state index is 9.22. The predicted molar refractivity (Wildman–Crippen MR) is 68.1 cm³/mol. The Morgan fingerprint density at radius 3 is 2.28 bits per heavy atom. The molecule has 1 aromatic carbocycles. The fourth-order valence-corrected chi connectivity index (χ4v) is 1.86. The van der Waals surface area contributed by atoms with Crippen molar-refractivity contribution in [3.8, 4) is 0 Å². The average Bonchev–Trinajstić information content (AvgIpc) is 2.55. The van der Waals surface area contributed by atoms with Crippen molar-refractivity contribution < 1.29 is 21.7 Å². The van der Waals surface area contributed by atoms with Crippen LogP contribution in [-0.2, 0) is 14.6 Å². The van der Waals surface area contributed by atoms with Gasteiger partial charge in [-0.15, -0.1) is 0 Å². The number of rotatable bonds is 1. The molecule has 1 unspecified atom stereocenters. The molecule has 0 fully saturated rings. The van der Waals surface area contributed by atoms with Gasteiger partial charge in [-0.2, -0.15) is 0 Å². The Morgan fingerprint density at radius 2 is 1.83 bits per heavy atom. The average molecular weight is 271 g/mol. The van der Waals surface area contributed by atoms with Crippen LogP contribution in [0.15, 0.2) is 24.3 Å². The van der Waals surface area contributed by atoms with E-state index in [1.807, 2.05) is 0 Å². The molecular formula is C12H17NO4S. The maximum Gasteiger partial charge on any atom is 0.217 e. The molecule has 18 heavy (non-hydrogen) atoms. The van der Waals surface area contributed by atoms with Crippen molar-refractivity contribution >= 4 is 21.8 Å². The molecule has 1 aliphatic rings. The summed E-state index contributed by atoms with van der Waals surface area (Å²) in [5, 5.41) is 0. The van der Waals surface area contributed by atoms with Gasteiger partial charge in [0.2, 0.25) is 16.1 Å². The lowest BCUT2D eigenvalue weighted by Crippen LogP contribution is -2.06. The van der Waals surface area contributed by atoms with Gasteiger partial charge in [0.1, 0.15) is 7.05 Å². The third-order valence-corrected chi connectivity index (χ3v) is 3.53. The second kappa shape index (κ2) is 5.60. The van der Waals surface area contributed by atoms with Crippen LogP contribution in [0, 0.1) is 0 Å². The van der Waals surface area contributed by atoms with Gasteiger partial charge in [0, 0.05) is 18.6 Å². The van der Waals surface area contributed by atoms with E-state index in [2.05, 4.69) is 53.9 Å². The SMILES string of the molecule is CC1=[N+](C)c2ccccc2C1C.COS(=O)(=O)[O-]. The van der Waals surface area contributed by atoms with Crippen LogP contribution >= 0.6 is 0 Å². The van der Waals surface area contributed by atoms with Crippen LogP contribution in [0.25, 0.3) is 0 Å². The topological polar surface area (TPSA) is 69.4 Å². The fourth-order valence-electron chi connectivity index (χ4n) is 1.86. The number of para-hydroxylation sites is 1. The Labute approximate surface area is 108 Å². The molecular weight excluding hydrogens is 254 g/mol. The van der Waals surface area contributed by atoms with E-state index >= 15 is 0 Å². The van der Waals surface area contributed by atoms with Gasteiger partial charge in [-0.05, 0) is 6.92 Å². The third kappa shape index (κ3) is 3.38. The Kier molecular flexibility index (Phi) is 4.61. The molecule has 0 bridgehead atoms. The number of benzene rings is 1. The number of hydrogen-bond acceptors (Lipinski definition) is 4. The molecule has 100 valence electrons. The summed E-state index contributed by atoms with van der Waals surface area (Å²) in [6.07, 6.45) is 0. The number of nitrogens with zero attached hydrogens (tertiary/aromatic N) is 1. The van der Waals surface area contributed by atoms with Gasteiger partial charge in [0.05, 0.1) is 13.0 Å². The minimum Gasteiger partial charge on any atom is -0.726 e. The van der Waals surface area contributed by atoms with E-state index < -0.39 is 10.4 Å². The molecule has 0 N–H and O–H groups in total. The van der Waals surface area contributed by atoms with Gasteiger partial charge in [-0.3, -0.25) is 4.18 Å². The second-order valence-electron chi connectivity index (χ2n) is 4.06. The van der Waals surface area contributed by atoms with Crippen LogP contribution in [-0.4, -0.2) is 37.4 Å². The Balaban J connectivity index is 0.000000232. The first-order valence-electron chi connectivity index (χ1n) is 5.45. The Bertz CT molecular complexity index is 563. The standard InChI is InChI=1S/C11H14N.CH4O4S/c1-8-9(2)12(3)11-7-5-4-6-10(8)11;1-5-6(2,3)4/h4-8H,1-3H3;1H3,(H,2,3,4)/q+1;/p-1. The highest BCUT2D eigenvalue weighted by Crippen LogP contribution is 2.32. The second-order valence-corrected chi connectivity index (χ2v) is 5.21. The summed E-state index contributed by atoms with van der Waals surface area (Å²) < 4.78 is 33.3. The quantitative estimate of drug-likeness (QED) is 0.442. The van der Waals surface area contributed by atoms with Crippen LogP contribution in [0.5, 0.6) is 0 Å². The monoisotopic (exact) mass is 271 g/mol. The molecule has 0 aromatic heterocycles. The van der Waals surface area contributed by atoms with Crippen LogP contribution in [0.2, 0.25) is 0 Å². The van der Waals surface area contributed by atoms with Gasteiger partial charge in [-0.1, -0.05) is 18.2 Å². The Hall–Kier alpha value is -1.24. The zero-order valence-electron chi connectivity index (χ0n) is 10.9. The molecule has 1 heterocycles. The Morgan fingerprint density at radius 1 is 1.33 bits per heavy atom. The van der Waals surface area contributed by atoms with E-state index in [4.69, 9.17) is 0 Å². The first-order chi connectivity index (χ1) is 8.28. The maximum absolute atomic E-state index is 9.22. The lowest BCUT2D eigenvalue weighted by molar-refractivity contribution is -0.402. The molecule has 0 radical (unpaired) electrons. The summed E-state index contributed by atoms with van der Waals surface area (Å²) in [4.78, 5) is 0. The van der Waals surface area contributed by atoms with E-state index in [0.29, 0.717) is 5.92 Å². The van der Waals surface area contributed by atoms with Gasteiger partial charge in [-0.25, -0.2) is 13.0 Å². The minimum atomic E-state index is -4.41. The lowest BCUT2D eigenvalue weighted by atomic mass is 9.99. The van der Waals surface area contributed by atoms with Crippen molar-refractivity contribution in [3.05, 3.63) is 29.8 Å². The van der Waals surface area contributed by atoms with Crippen LogP contribution in [0.3, 0.4) is 0 Å². The number of fused-ring (bicyclic) bond motifs is 1. The molecule has 2 rings (SSSR count). The molecule has 1 aliphatic heterocycles. The first-order valence-corrected chi connectivity index (χ1v) is 6.78. The third-order valence-electron chi connectivity index (χ3n) is 3.12. The zero-order chi connectivity index (χ0) is 13.9. The van der Waals surface area contributed by atoms with Gasteiger partial charge in [0.15, 0.2) is 5.71 Å². The predicted octanol–water partition coefficient (Wildman–Crippen LogP) is 1.63. The molecule has 1 atom stereocenters. The van der Waals surface area contributed by atoms with Gasteiger partial charge in [0.25, 0.3) is 0 Å². The highest BCUT2D eigenvalue weighted by molar-refractivity contribution is 7.80. The van der Waals surface area contributed by atoms with Crippen LogP contribution in [0.4, 0.5) is 5.69 Å². The van der Waals surface area contributed by atoms with E-state index in [9.17, 15) is 13.0 Å². The van der Waals surface area contributed by atoms with Crippen molar-refractivity contribution in [3.63, 3.8) is 0 Å². The number of hydrogen-bond donors (Lipinski definition) is 0. The fraction of sp³-hybridized carbons (Fsp3) is 0.417. The lowest BCUT2D eigenvalue weighted by Gasteiger charge is -1.98. The molecule has 0 amide bonds. The molecule has 0 spiro atoms. The van der Waals surface area contributed by atoms with Crippen molar-refractivity contribution in [2.45, 2.75) is 19.8 Å². The molecule has 0 saturated heterocycles. The highest BCUT2D eigenvalue weighted by Gasteiger charge is 2.29. The minimum absolute atomic E-state index is 0.589. The summed E-state index contributed by atoms with van der Waals surface area (Å²) in [6.45, 7) is 4.46. The van der Waals surface area contributed by atoms with Crippen LogP contribution in [0.1, 0.15) is 25.3 Å². The van der Waals surface area contributed by atoms with E-state index in [0.717, 1.165) is 7.11 Å². The molecule has 1 aromatic rings.